The summed E-state index contributed by atoms with van der Waals surface area (Å²) in [5.74, 6) is 0.442. The van der Waals surface area contributed by atoms with Gasteiger partial charge in [0.2, 0.25) is 9.84 Å². The third-order valence-electron chi connectivity index (χ3n) is 6.97. The molecule has 0 aromatic heterocycles. The molecular weight excluding hydrogens is 416 g/mol. The third-order valence-corrected chi connectivity index (χ3v) is 8.74. The van der Waals surface area contributed by atoms with Gasteiger partial charge in [-0.1, -0.05) is 55.8 Å². The van der Waals surface area contributed by atoms with Gasteiger partial charge in [-0.3, -0.25) is 4.90 Å². The maximum Gasteiger partial charge on any atom is 0.206 e. The van der Waals surface area contributed by atoms with E-state index in [4.69, 9.17) is 0 Å². The van der Waals surface area contributed by atoms with Crippen LogP contribution >= 0.6 is 0 Å². The Morgan fingerprint density at radius 3 is 2.31 bits per heavy atom. The lowest BCUT2D eigenvalue weighted by molar-refractivity contribution is 0.101. The van der Waals surface area contributed by atoms with Crippen molar-refractivity contribution in [3.05, 3.63) is 89.0 Å². The Kier molecular flexibility index (Phi) is 5.14. The first-order valence-corrected chi connectivity index (χ1v) is 12.8. The molecule has 2 aliphatic rings. The van der Waals surface area contributed by atoms with Crippen LogP contribution in [0.15, 0.2) is 76.5 Å². The molecule has 5 rings (SSSR count). The highest BCUT2D eigenvalue weighted by Gasteiger charge is 2.42. The van der Waals surface area contributed by atoms with Crippen molar-refractivity contribution in [1.82, 2.24) is 4.90 Å². The van der Waals surface area contributed by atoms with E-state index in [-0.39, 0.29) is 12.2 Å². The average Bonchev–Trinajstić information content (AvgIpc) is 2.78. The molecule has 0 N–H and O–H groups in total. The summed E-state index contributed by atoms with van der Waals surface area (Å²) in [6.45, 7) is 7.45. The lowest BCUT2D eigenvalue weighted by Crippen LogP contribution is -2.57. The van der Waals surface area contributed by atoms with Gasteiger partial charge in [0.1, 0.15) is 0 Å². The summed E-state index contributed by atoms with van der Waals surface area (Å²) >= 11 is 0. The number of rotatable bonds is 3. The van der Waals surface area contributed by atoms with Crippen LogP contribution in [0.5, 0.6) is 0 Å². The minimum atomic E-state index is -3.59. The van der Waals surface area contributed by atoms with E-state index in [1.807, 2.05) is 31.2 Å². The molecule has 2 heterocycles. The van der Waals surface area contributed by atoms with E-state index in [0.717, 1.165) is 29.8 Å². The molecule has 32 heavy (non-hydrogen) atoms. The molecule has 0 amide bonds. The Morgan fingerprint density at radius 2 is 1.59 bits per heavy atom. The molecule has 1 unspecified atom stereocenters. The van der Waals surface area contributed by atoms with Crippen molar-refractivity contribution >= 4 is 15.5 Å². The molecule has 0 saturated carbocycles. The number of anilines is 1. The number of hydrogen-bond acceptors (Lipinski definition) is 4. The fraction of sp³-hybridized carbons (Fsp3) is 0.333. The highest BCUT2D eigenvalue weighted by Crippen LogP contribution is 2.47. The molecule has 0 bridgehead atoms. The van der Waals surface area contributed by atoms with Gasteiger partial charge in [-0.15, -0.1) is 0 Å². The van der Waals surface area contributed by atoms with Gasteiger partial charge in [-0.25, -0.2) is 8.42 Å². The second-order valence-electron chi connectivity index (χ2n) is 9.39. The largest absolute Gasteiger partial charge is 0.358 e. The quantitative estimate of drug-likeness (QED) is 0.554. The van der Waals surface area contributed by atoms with Crippen LogP contribution in [-0.2, 0) is 16.3 Å². The molecule has 2 aliphatic heterocycles. The van der Waals surface area contributed by atoms with Crippen molar-refractivity contribution in [2.75, 3.05) is 18.5 Å². The van der Waals surface area contributed by atoms with Crippen molar-refractivity contribution in [3.8, 4) is 0 Å². The zero-order valence-corrected chi connectivity index (χ0v) is 19.9. The highest BCUT2D eigenvalue weighted by molar-refractivity contribution is 7.91. The fourth-order valence-electron chi connectivity index (χ4n) is 5.51. The van der Waals surface area contributed by atoms with Gasteiger partial charge in [0, 0.05) is 19.3 Å². The third kappa shape index (κ3) is 3.26. The summed E-state index contributed by atoms with van der Waals surface area (Å²) in [4.78, 5) is 5.58. The van der Waals surface area contributed by atoms with Crippen LogP contribution in [0.25, 0.3) is 0 Å². The first kappa shape index (κ1) is 21.2. The number of nitrogens with zero attached hydrogens (tertiary/aromatic N) is 2. The minimum Gasteiger partial charge on any atom is -0.358 e. The van der Waals surface area contributed by atoms with E-state index in [1.54, 1.807) is 18.2 Å². The van der Waals surface area contributed by atoms with Crippen LogP contribution in [0.4, 0.5) is 5.69 Å². The number of benzene rings is 3. The van der Waals surface area contributed by atoms with Gasteiger partial charge in [0.05, 0.1) is 22.0 Å². The Morgan fingerprint density at radius 1 is 0.906 bits per heavy atom. The lowest BCUT2D eigenvalue weighted by atomic mass is 9.83. The van der Waals surface area contributed by atoms with Gasteiger partial charge in [0.25, 0.3) is 0 Å². The maximum absolute atomic E-state index is 13.5. The summed E-state index contributed by atoms with van der Waals surface area (Å²) in [7, 11) is -1.46. The number of aryl methyl sites for hydroxylation is 1. The summed E-state index contributed by atoms with van der Waals surface area (Å²) in [5.41, 5.74) is 5.89. The topological polar surface area (TPSA) is 40.6 Å². The Labute approximate surface area is 191 Å². The molecule has 0 spiro atoms. The van der Waals surface area contributed by atoms with Crippen molar-refractivity contribution in [2.24, 2.45) is 5.92 Å². The monoisotopic (exact) mass is 446 g/mol. The SMILES string of the molecule is Cc1ccc(S(=O)(=O)c2ccc3c(c2)[C@H]2c4ccccc4CCN2C(C(C)C)N3C)cc1. The van der Waals surface area contributed by atoms with Crippen molar-refractivity contribution in [2.45, 2.75) is 49.2 Å². The van der Waals surface area contributed by atoms with Crippen LogP contribution in [0.2, 0.25) is 0 Å². The van der Waals surface area contributed by atoms with Crippen LogP contribution < -0.4 is 4.90 Å². The second kappa shape index (κ2) is 7.75. The predicted molar refractivity (Wildman–Crippen MR) is 129 cm³/mol. The van der Waals surface area contributed by atoms with Crippen LogP contribution in [0.1, 0.15) is 42.1 Å². The molecule has 3 aromatic rings. The highest BCUT2D eigenvalue weighted by atomic mass is 32.2. The summed E-state index contributed by atoms with van der Waals surface area (Å²) in [6.07, 6.45) is 1.28. The molecule has 0 fully saturated rings. The van der Waals surface area contributed by atoms with Crippen molar-refractivity contribution < 1.29 is 8.42 Å². The van der Waals surface area contributed by atoms with E-state index < -0.39 is 9.84 Å². The first-order valence-electron chi connectivity index (χ1n) is 11.3. The van der Waals surface area contributed by atoms with Crippen LogP contribution in [0.3, 0.4) is 0 Å². The lowest BCUT2D eigenvalue weighted by Gasteiger charge is -2.53. The molecule has 0 radical (unpaired) electrons. The average molecular weight is 447 g/mol. The molecule has 0 saturated heterocycles. The van der Waals surface area contributed by atoms with E-state index in [2.05, 4.69) is 55.0 Å². The molecule has 3 aromatic carbocycles. The minimum absolute atomic E-state index is 0.0618. The number of sulfone groups is 1. The summed E-state index contributed by atoms with van der Waals surface area (Å²) < 4.78 is 26.9. The molecule has 4 nitrogen and oxygen atoms in total. The van der Waals surface area contributed by atoms with Gasteiger partial charge in [-0.2, -0.15) is 0 Å². The molecular formula is C27H30N2O2S. The molecule has 0 aliphatic carbocycles. The maximum atomic E-state index is 13.5. The number of fused-ring (bicyclic) bond motifs is 5. The van der Waals surface area contributed by atoms with Gasteiger partial charge < -0.3 is 4.90 Å². The standard InChI is InChI=1S/C27H30N2O2S/c1-18(2)27-28(4)25-14-13-22(32(30,31)21-11-9-19(3)10-12-21)17-24(25)26-23-8-6-5-7-20(23)15-16-29(26)27/h5-14,17-18,26-27H,15-16H2,1-4H3/t26-,27?/m1/s1. The smallest absolute Gasteiger partial charge is 0.206 e. The van der Waals surface area contributed by atoms with Crippen molar-refractivity contribution in [1.29, 1.82) is 0 Å². The Balaban J connectivity index is 1.70. The fourth-order valence-corrected chi connectivity index (χ4v) is 6.80. The van der Waals surface area contributed by atoms with E-state index in [1.165, 1.54) is 11.1 Å². The second-order valence-corrected chi connectivity index (χ2v) is 11.3. The normalized spacial score (nSPS) is 20.6. The summed E-state index contributed by atoms with van der Waals surface area (Å²) in [6, 6.07) is 21.5. The summed E-state index contributed by atoms with van der Waals surface area (Å²) in [5, 5.41) is 0. The van der Waals surface area contributed by atoms with E-state index in [9.17, 15) is 8.42 Å². The molecule has 166 valence electrons. The Hall–Kier alpha value is -2.63. The predicted octanol–water partition coefficient (Wildman–Crippen LogP) is 5.21. The Bertz CT molecular complexity index is 1270. The number of hydrogen-bond donors (Lipinski definition) is 0. The van der Waals surface area contributed by atoms with Gasteiger partial charge in [0.15, 0.2) is 0 Å². The van der Waals surface area contributed by atoms with Gasteiger partial charge in [-0.05, 0) is 66.3 Å². The first-order chi connectivity index (χ1) is 15.3. The molecule has 5 heteroatoms. The van der Waals surface area contributed by atoms with Crippen molar-refractivity contribution in [3.63, 3.8) is 0 Å². The zero-order valence-electron chi connectivity index (χ0n) is 19.1. The van der Waals surface area contributed by atoms with E-state index in [0.29, 0.717) is 15.7 Å². The van der Waals surface area contributed by atoms with Crippen LogP contribution in [-0.4, -0.2) is 33.1 Å². The van der Waals surface area contributed by atoms with Crippen LogP contribution in [0, 0.1) is 12.8 Å². The van der Waals surface area contributed by atoms with E-state index >= 15 is 0 Å². The zero-order chi connectivity index (χ0) is 22.6. The van der Waals surface area contributed by atoms with Gasteiger partial charge >= 0.3 is 0 Å². The molecule has 2 atom stereocenters.